The number of hydrogen-bond donors (Lipinski definition) is 1. The van der Waals surface area contributed by atoms with Crippen molar-refractivity contribution < 1.29 is 21.5 Å². The van der Waals surface area contributed by atoms with Gasteiger partial charge in [0.05, 0.1) is 34.2 Å². The lowest BCUT2D eigenvalue weighted by Gasteiger charge is -2.23. The SMILES string of the molecule is C[N+](C)(C)CCCSC1=NCCN1.Cl.[Br-]. The standard InChI is InChI=1S/C9H20N3S.BrH.ClH/c1-12(2,3)7-4-8-13-9-10-5-6-11-9;;/h4-8H2,1-3H3,(H,10,11);2*1H/q+1;;/p-1. The number of nitrogens with zero attached hydrogens (tertiary/aromatic N) is 2. The van der Waals surface area contributed by atoms with Gasteiger partial charge in [0.2, 0.25) is 0 Å². The Kier molecular flexibility index (Phi) is 10.4. The van der Waals surface area contributed by atoms with E-state index in [0.717, 1.165) is 22.7 Å². The van der Waals surface area contributed by atoms with E-state index in [9.17, 15) is 0 Å². The van der Waals surface area contributed by atoms with Crippen LogP contribution in [0.2, 0.25) is 0 Å². The first-order chi connectivity index (χ1) is 6.08. The fourth-order valence-corrected chi connectivity index (χ4v) is 2.03. The fraction of sp³-hybridized carbons (Fsp3) is 0.889. The van der Waals surface area contributed by atoms with Crippen LogP contribution in [-0.2, 0) is 0 Å². The summed E-state index contributed by atoms with van der Waals surface area (Å²) in [4.78, 5) is 4.33. The molecule has 1 aliphatic rings. The number of aliphatic imine (C=N–C) groups is 1. The van der Waals surface area contributed by atoms with E-state index in [1.54, 1.807) is 0 Å². The molecule has 1 aliphatic heterocycles. The predicted molar refractivity (Wildman–Crippen MR) is 67.5 cm³/mol. The van der Waals surface area contributed by atoms with Crippen molar-refractivity contribution in [3.05, 3.63) is 0 Å². The second kappa shape index (κ2) is 8.67. The zero-order valence-electron chi connectivity index (χ0n) is 9.62. The van der Waals surface area contributed by atoms with Crippen LogP contribution >= 0.6 is 24.2 Å². The minimum absolute atomic E-state index is 0. The monoisotopic (exact) mass is 317 g/mol. The molecule has 0 fully saturated rings. The van der Waals surface area contributed by atoms with E-state index in [2.05, 4.69) is 31.5 Å². The minimum atomic E-state index is 0. The summed E-state index contributed by atoms with van der Waals surface area (Å²) in [5.41, 5.74) is 0. The zero-order valence-corrected chi connectivity index (χ0v) is 12.8. The highest BCUT2D eigenvalue weighted by atomic mass is 79.9. The third kappa shape index (κ3) is 9.48. The summed E-state index contributed by atoms with van der Waals surface area (Å²) in [5.74, 6) is 1.18. The Morgan fingerprint density at radius 2 is 2.07 bits per heavy atom. The van der Waals surface area contributed by atoms with Crippen molar-refractivity contribution in [2.75, 3.05) is 46.5 Å². The lowest BCUT2D eigenvalue weighted by molar-refractivity contribution is -0.870. The van der Waals surface area contributed by atoms with E-state index < -0.39 is 0 Å². The van der Waals surface area contributed by atoms with E-state index >= 15 is 0 Å². The molecule has 0 saturated heterocycles. The molecule has 1 heterocycles. The van der Waals surface area contributed by atoms with Gasteiger partial charge < -0.3 is 26.8 Å². The fourth-order valence-electron chi connectivity index (χ4n) is 1.18. The third-order valence-corrected chi connectivity index (χ3v) is 2.90. The number of halogens is 2. The summed E-state index contributed by atoms with van der Waals surface area (Å²) in [6.45, 7) is 3.22. The average molecular weight is 319 g/mol. The van der Waals surface area contributed by atoms with Crippen molar-refractivity contribution in [3.63, 3.8) is 0 Å². The highest BCUT2D eigenvalue weighted by Gasteiger charge is 2.08. The summed E-state index contributed by atoms with van der Waals surface area (Å²) in [5, 5.41) is 4.40. The third-order valence-electron chi connectivity index (χ3n) is 1.86. The smallest absolute Gasteiger partial charge is 0.156 e. The molecular weight excluding hydrogens is 298 g/mol. The van der Waals surface area contributed by atoms with Crippen LogP contribution in [-0.4, -0.2) is 56.2 Å². The Balaban J connectivity index is 0. The van der Waals surface area contributed by atoms with Gasteiger partial charge in [-0.3, -0.25) is 4.99 Å². The second-order valence-corrected chi connectivity index (χ2v) is 5.41. The molecule has 0 bridgehead atoms. The summed E-state index contributed by atoms with van der Waals surface area (Å²) in [7, 11) is 6.70. The minimum Gasteiger partial charge on any atom is -1.00 e. The van der Waals surface area contributed by atoms with Crippen molar-refractivity contribution in [2.45, 2.75) is 6.42 Å². The van der Waals surface area contributed by atoms with Gasteiger partial charge in [-0.15, -0.1) is 12.4 Å². The maximum Gasteiger partial charge on any atom is 0.156 e. The maximum atomic E-state index is 4.33. The lowest BCUT2D eigenvalue weighted by Crippen LogP contribution is -3.00. The Bertz CT molecular complexity index is 194. The quantitative estimate of drug-likeness (QED) is 0.489. The largest absolute Gasteiger partial charge is 1.00 e. The van der Waals surface area contributed by atoms with E-state index in [4.69, 9.17) is 0 Å². The van der Waals surface area contributed by atoms with Crippen LogP contribution in [0.5, 0.6) is 0 Å². The van der Waals surface area contributed by atoms with Crippen LogP contribution in [0.25, 0.3) is 0 Å². The van der Waals surface area contributed by atoms with Gasteiger partial charge >= 0.3 is 0 Å². The van der Waals surface area contributed by atoms with Crippen molar-refractivity contribution in [1.82, 2.24) is 5.32 Å². The summed E-state index contributed by atoms with van der Waals surface area (Å²) < 4.78 is 1.06. The van der Waals surface area contributed by atoms with Gasteiger partial charge in [0.15, 0.2) is 5.17 Å². The molecule has 1 rings (SSSR count). The number of amidine groups is 1. The molecule has 0 aliphatic carbocycles. The van der Waals surface area contributed by atoms with Crippen molar-refractivity contribution in [2.24, 2.45) is 4.99 Å². The van der Waals surface area contributed by atoms with E-state index in [1.807, 2.05) is 11.8 Å². The maximum absolute atomic E-state index is 4.33. The van der Waals surface area contributed by atoms with Crippen LogP contribution in [0.4, 0.5) is 0 Å². The van der Waals surface area contributed by atoms with Gasteiger partial charge in [0.25, 0.3) is 0 Å². The molecule has 6 heteroatoms. The van der Waals surface area contributed by atoms with Crippen molar-refractivity contribution in [3.8, 4) is 0 Å². The molecule has 0 amide bonds. The second-order valence-electron chi connectivity index (χ2n) is 4.33. The highest BCUT2D eigenvalue weighted by molar-refractivity contribution is 8.13. The summed E-state index contributed by atoms with van der Waals surface area (Å²) >= 11 is 1.85. The zero-order chi connectivity index (χ0) is 9.73. The molecule has 15 heavy (non-hydrogen) atoms. The van der Waals surface area contributed by atoms with Crippen LogP contribution in [0, 0.1) is 0 Å². The Hall–Kier alpha value is 0.550. The van der Waals surface area contributed by atoms with E-state index in [-0.39, 0.29) is 29.4 Å². The first kappa shape index (κ1) is 17.9. The van der Waals surface area contributed by atoms with Gasteiger partial charge in [0.1, 0.15) is 0 Å². The number of hydrogen-bond acceptors (Lipinski definition) is 3. The normalized spacial score (nSPS) is 14.7. The van der Waals surface area contributed by atoms with Gasteiger partial charge in [-0.1, -0.05) is 11.8 Å². The molecule has 0 atom stereocenters. The Morgan fingerprint density at radius 1 is 1.40 bits per heavy atom. The van der Waals surface area contributed by atoms with E-state index in [1.165, 1.54) is 18.7 Å². The Labute approximate surface area is 114 Å². The van der Waals surface area contributed by atoms with E-state index in [0.29, 0.717) is 0 Å². The molecular formula is C9H21BrClN3S. The number of quaternary nitrogens is 1. The molecule has 92 valence electrons. The van der Waals surface area contributed by atoms with Gasteiger partial charge in [0, 0.05) is 18.7 Å². The molecule has 1 N–H and O–H groups in total. The van der Waals surface area contributed by atoms with Gasteiger partial charge in [-0.25, -0.2) is 0 Å². The van der Waals surface area contributed by atoms with Crippen LogP contribution in [0.3, 0.4) is 0 Å². The first-order valence-corrected chi connectivity index (χ1v) is 5.78. The lowest BCUT2D eigenvalue weighted by atomic mass is 10.4. The van der Waals surface area contributed by atoms with Crippen molar-refractivity contribution >= 4 is 29.3 Å². The summed E-state index contributed by atoms with van der Waals surface area (Å²) in [6.07, 6.45) is 1.26. The molecule has 0 spiro atoms. The van der Waals surface area contributed by atoms with Gasteiger partial charge in [-0.05, 0) is 0 Å². The van der Waals surface area contributed by atoms with Gasteiger partial charge in [-0.2, -0.15) is 0 Å². The first-order valence-electron chi connectivity index (χ1n) is 4.79. The van der Waals surface area contributed by atoms with Crippen molar-refractivity contribution in [1.29, 1.82) is 0 Å². The molecule has 0 unspecified atom stereocenters. The Morgan fingerprint density at radius 3 is 2.53 bits per heavy atom. The molecule has 3 nitrogen and oxygen atoms in total. The highest BCUT2D eigenvalue weighted by Crippen LogP contribution is 2.07. The number of thioether (sulfide) groups is 1. The molecule has 0 aromatic carbocycles. The molecule has 0 aromatic rings. The summed E-state index contributed by atoms with van der Waals surface area (Å²) in [6, 6.07) is 0. The average Bonchev–Trinajstić information content (AvgIpc) is 2.48. The number of rotatable bonds is 4. The number of nitrogens with one attached hydrogen (secondary N) is 1. The molecule has 0 saturated carbocycles. The van der Waals surface area contributed by atoms with Crippen LogP contribution in [0.1, 0.15) is 6.42 Å². The predicted octanol–water partition coefficient (Wildman–Crippen LogP) is -1.80. The topological polar surface area (TPSA) is 24.4 Å². The van der Waals surface area contributed by atoms with Crippen LogP contribution in [0.15, 0.2) is 4.99 Å². The molecule has 0 aromatic heterocycles. The molecule has 0 radical (unpaired) electrons. The van der Waals surface area contributed by atoms with Crippen LogP contribution < -0.4 is 22.3 Å².